The summed E-state index contributed by atoms with van der Waals surface area (Å²) in [5.41, 5.74) is 1.11. The molecule has 0 bridgehead atoms. The lowest BCUT2D eigenvalue weighted by molar-refractivity contribution is -0.384. The van der Waals surface area contributed by atoms with Crippen LogP contribution in [-0.2, 0) is 6.54 Å². The van der Waals surface area contributed by atoms with Crippen LogP contribution in [0.5, 0.6) is 5.88 Å². The van der Waals surface area contributed by atoms with Crippen LogP contribution in [0.25, 0.3) is 0 Å². The number of ether oxygens (including phenoxy) is 1. The third-order valence-corrected chi connectivity index (χ3v) is 4.06. The van der Waals surface area contributed by atoms with Crippen LogP contribution >= 0.6 is 0 Å². The number of pyridine rings is 1. The second-order valence-electron chi connectivity index (χ2n) is 5.85. The van der Waals surface area contributed by atoms with Crippen LogP contribution in [-0.4, -0.2) is 45.1 Å². The van der Waals surface area contributed by atoms with E-state index in [4.69, 9.17) is 9.84 Å². The zero-order valence-corrected chi connectivity index (χ0v) is 13.4. The van der Waals surface area contributed by atoms with Gasteiger partial charge in [0.25, 0.3) is 5.69 Å². The Labute approximate surface area is 143 Å². The van der Waals surface area contributed by atoms with Gasteiger partial charge in [-0.1, -0.05) is 12.1 Å². The van der Waals surface area contributed by atoms with E-state index >= 15 is 0 Å². The molecule has 1 unspecified atom stereocenters. The number of hydrogen-bond donors (Lipinski definition) is 1. The average Bonchev–Trinajstić information content (AvgIpc) is 3.02. The minimum absolute atomic E-state index is 0.0521. The minimum Gasteiger partial charge on any atom is -0.477 e. The third kappa shape index (κ3) is 4.10. The maximum atomic E-state index is 11.2. The molecule has 1 atom stereocenters. The van der Waals surface area contributed by atoms with E-state index in [1.54, 1.807) is 18.2 Å². The smallest absolute Gasteiger partial charge is 0.341 e. The van der Waals surface area contributed by atoms with Crippen LogP contribution in [0, 0.1) is 10.1 Å². The fourth-order valence-corrected chi connectivity index (χ4v) is 2.82. The second-order valence-corrected chi connectivity index (χ2v) is 5.85. The Kier molecular flexibility index (Phi) is 4.90. The molecule has 2 heterocycles. The van der Waals surface area contributed by atoms with Crippen LogP contribution < -0.4 is 4.74 Å². The van der Waals surface area contributed by atoms with E-state index in [9.17, 15) is 14.9 Å². The maximum absolute atomic E-state index is 11.2. The van der Waals surface area contributed by atoms with Crippen molar-refractivity contribution in [2.75, 3.05) is 13.1 Å². The highest BCUT2D eigenvalue weighted by Gasteiger charge is 2.26. The van der Waals surface area contributed by atoms with Crippen molar-refractivity contribution in [2.24, 2.45) is 0 Å². The van der Waals surface area contributed by atoms with E-state index in [0.29, 0.717) is 13.1 Å². The number of nitro benzene ring substituents is 1. The molecule has 0 aliphatic carbocycles. The van der Waals surface area contributed by atoms with Crippen molar-refractivity contribution in [1.82, 2.24) is 9.88 Å². The van der Waals surface area contributed by atoms with Crippen molar-refractivity contribution in [3.05, 3.63) is 63.8 Å². The van der Waals surface area contributed by atoms with Gasteiger partial charge in [0.05, 0.1) is 4.92 Å². The fraction of sp³-hybridized carbons (Fsp3) is 0.294. The monoisotopic (exact) mass is 343 g/mol. The van der Waals surface area contributed by atoms with E-state index in [1.165, 1.54) is 24.4 Å². The topological polar surface area (TPSA) is 106 Å². The molecule has 2 aromatic rings. The maximum Gasteiger partial charge on any atom is 0.341 e. The normalized spacial score (nSPS) is 17.4. The Morgan fingerprint density at radius 1 is 1.36 bits per heavy atom. The number of benzene rings is 1. The first-order chi connectivity index (χ1) is 12.0. The molecular formula is C17H17N3O5. The predicted octanol–water partition coefficient (Wildman–Crippen LogP) is 2.34. The summed E-state index contributed by atoms with van der Waals surface area (Å²) in [6.45, 7) is 2.11. The summed E-state index contributed by atoms with van der Waals surface area (Å²) in [7, 11) is 0. The molecule has 130 valence electrons. The predicted molar refractivity (Wildman–Crippen MR) is 88.6 cm³/mol. The summed E-state index contributed by atoms with van der Waals surface area (Å²) in [4.78, 5) is 27.6. The first kappa shape index (κ1) is 16.8. The van der Waals surface area contributed by atoms with E-state index in [1.807, 2.05) is 0 Å². The number of aromatic nitrogens is 1. The second kappa shape index (κ2) is 7.27. The quantitative estimate of drug-likeness (QED) is 0.634. The van der Waals surface area contributed by atoms with E-state index in [0.717, 1.165) is 18.5 Å². The molecule has 0 saturated carbocycles. The molecule has 8 heteroatoms. The number of carbonyl (C=O) groups is 1. The van der Waals surface area contributed by atoms with Gasteiger partial charge < -0.3 is 9.84 Å². The molecule has 1 aromatic carbocycles. The van der Waals surface area contributed by atoms with Crippen LogP contribution in [0.4, 0.5) is 5.69 Å². The standard InChI is InChI=1S/C17H17N3O5/c21-17(22)15-2-1-8-18-16(15)25-14-7-9-19(11-14)10-12-3-5-13(6-4-12)20(23)24/h1-6,8,14H,7,9-11H2,(H,21,22). The molecule has 0 spiro atoms. The van der Waals surface area contributed by atoms with Crippen molar-refractivity contribution in [3.63, 3.8) is 0 Å². The number of likely N-dealkylation sites (tertiary alicyclic amines) is 1. The van der Waals surface area contributed by atoms with Gasteiger partial charge >= 0.3 is 5.97 Å². The van der Waals surface area contributed by atoms with E-state index < -0.39 is 10.9 Å². The SMILES string of the molecule is O=C(O)c1cccnc1OC1CCN(Cc2ccc([N+](=O)[O-])cc2)C1. The van der Waals surface area contributed by atoms with Crippen LogP contribution in [0.3, 0.4) is 0 Å². The summed E-state index contributed by atoms with van der Waals surface area (Å²) in [5.74, 6) is -0.930. The molecule has 1 saturated heterocycles. The molecule has 1 aromatic heterocycles. The summed E-state index contributed by atoms with van der Waals surface area (Å²) in [5, 5.41) is 19.8. The zero-order valence-electron chi connectivity index (χ0n) is 13.4. The Bertz CT molecular complexity index is 778. The van der Waals surface area contributed by atoms with Gasteiger partial charge in [0.1, 0.15) is 11.7 Å². The number of hydrogen-bond acceptors (Lipinski definition) is 6. The first-order valence-corrected chi connectivity index (χ1v) is 7.83. The van der Waals surface area contributed by atoms with Gasteiger partial charge in [-0.2, -0.15) is 0 Å². The molecule has 1 aliphatic rings. The number of carboxylic acid groups (broad SMARTS) is 1. The van der Waals surface area contributed by atoms with Gasteiger partial charge in [-0.05, 0) is 24.1 Å². The Morgan fingerprint density at radius 2 is 2.12 bits per heavy atom. The molecule has 25 heavy (non-hydrogen) atoms. The molecule has 1 aliphatic heterocycles. The average molecular weight is 343 g/mol. The molecule has 1 N–H and O–H groups in total. The molecule has 8 nitrogen and oxygen atoms in total. The first-order valence-electron chi connectivity index (χ1n) is 7.83. The summed E-state index contributed by atoms with van der Waals surface area (Å²) in [6, 6.07) is 9.50. The van der Waals surface area contributed by atoms with Crippen molar-refractivity contribution < 1.29 is 19.6 Å². The van der Waals surface area contributed by atoms with Gasteiger partial charge in [-0.3, -0.25) is 15.0 Å². The van der Waals surface area contributed by atoms with Gasteiger partial charge in [0.2, 0.25) is 5.88 Å². The number of nitrogens with zero attached hydrogens (tertiary/aromatic N) is 3. The lowest BCUT2D eigenvalue weighted by atomic mass is 10.2. The van der Waals surface area contributed by atoms with Gasteiger partial charge in [-0.25, -0.2) is 9.78 Å². The van der Waals surface area contributed by atoms with Crippen molar-refractivity contribution in [2.45, 2.75) is 19.1 Å². The van der Waals surface area contributed by atoms with Gasteiger partial charge in [-0.15, -0.1) is 0 Å². The number of non-ortho nitro benzene ring substituents is 1. The number of aromatic carboxylic acids is 1. The summed E-state index contributed by atoms with van der Waals surface area (Å²) >= 11 is 0. The Hall–Kier alpha value is -3.00. The molecule has 0 amide bonds. The minimum atomic E-state index is -1.07. The van der Waals surface area contributed by atoms with Crippen molar-refractivity contribution in [1.29, 1.82) is 0 Å². The Morgan fingerprint density at radius 3 is 2.80 bits per heavy atom. The largest absolute Gasteiger partial charge is 0.477 e. The highest BCUT2D eigenvalue weighted by molar-refractivity contribution is 5.90. The number of carboxylic acids is 1. The fourth-order valence-electron chi connectivity index (χ4n) is 2.82. The van der Waals surface area contributed by atoms with E-state index in [2.05, 4.69) is 9.88 Å². The zero-order chi connectivity index (χ0) is 17.8. The summed E-state index contributed by atoms with van der Waals surface area (Å²) < 4.78 is 5.76. The number of rotatable bonds is 6. The highest BCUT2D eigenvalue weighted by atomic mass is 16.6. The van der Waals surface area contributed by atoms with Crippen LogP contribution in [0.1, 0.15) is 22.3 Å². The molecule has 0 radical (unpaired) electrons. The summed E-state index contributed by atoms with van der Waals surface area (Å²) in [6.07, 6.45) is 2.14. The van der Waals surface area contributed by atoms with Gasteiger partial charge in [0, 0.05) is 38.0 Å². The third-order valence-electron chi connectivity index (χ3n) is 4.06. The van der Waals surface area contributed by atoms with Crippen molar-refractivity contribution in [3.8, 4) is 5.88 Å². The molecule has 3 rings (SSSR count). The lowest BCUT2D eigenvalue weighted by Gasteiger charge is -2.17. The van der Waals surface area contributed by atoms with Crippen LogP contribution in [0.2, 0.25) is 0 Å². The Balaban J connectivity index is 1.59. The molecular weight excluding hydrogens is 326 g/mol. The lowest BCUT2D eigenvalue weighted by Crippen LogP contribution is -2.25. The molecule has 1 fully saturated rings. The van der Waals surface area contributed by atoms with Gasteiger partial charge in [0.15, 0.2) is 0 Å². The highest BCUT2D eigenvalue weighted by Crippen LogP contribution is 2.22. The van der Waals surface area contributed by atoms with Crippen LogP contribution in [0.15, 0.2) is 42.6 Å². The van der Waals surface area contributed by atoms with E-state index in [-0.39, 0.29) is 23.2 Å². The number of nitro groups is 1. The van der Waals surface area contributed by atoms with Crippen molar-refractivity contribution >= 4 is 11.7 Å².